The Balaban J connectivity index is 2.20. The largest absolute Gasteiger partial charge is 0.310 e. The molecule has 0 radical (unpaired) electrons. The topological polar surface area (TPSA) is 12.0 Å². The Labute approximate surface area is 107 Å². The molecule has 0 heterocycles. The molecule has 1 aliphatic carbocycles. The predicted octanol–water partition coefficient (Wildman–Crippen LogP) is 4.32. The second kappa shape index (κ2) is 5.83. The van der Waals surface area contributed by atoms with Crippen LogP contribution in [0.25, 0.3) is 0 Å². The van der Waals surface area contributed by atoms with Crippen LogP contribution in [0.15, 0.2) is 18.2 Å². The molecule has 94 valence electrons. The Kier molecular flexibility index (Phi) is 4.41. The highest BCUT2D eigenvalue weighted by Gasteiger charge is 2.29. The highest BCUT2D eigenvalue weighted by atomic mass is 35.5. The maximum Gasteiger partial charge on any atom is 0.128 e. The van der Waals surface area contributed by atoms with Gasteiger partial charge < -0.3 is 5.32 Å². The van der Waals surface area contributed by atoms with E-state index in [0.29, 0.717) is 10.9 Å². The van der Waals surface area contributed by atoms with Gasteiger partial charge in [-0.05, 0) is 49.9 Å². The van der Waals surface area contributed by atoms with E-state index in [1.54, 1.807) is 12.1 Å². The van der Waals surface area contributed by atoms with Gasteiger partial charge in [-0.1, -0.05) is 24.9 Å². The van der Waals surface area contributed by atoms with E-state index < -0.39 is 0 Å². The van der Waals surface area contributed by atoms with Gasteiger partial charge >= 0.3 is 0 Å². The fraction of sp³-hybridized carbons (Fsp3) is 0.571. The first-order chi connectivity index (χ1) is 8.22. The summed E-state index contributed by atoms with van der Waals surface area (Å²) in [6.45, 7) is 3.05. The van der Waals surface area contributed by atoms with Crippen molar-refractivity contribution in [1.29, 1.82) is 0 Å². The van der Waals surface area contributed by atoms with Crippen molar-refractivity contribution in [3.05, 3.63) is 34.6 Å². The fourth-order valence-electron chi connectivity index (χ4n) is 2.36. The lowest BCUT2D eigenvalue weighted by atomic mass is 9.77. The SMILES string of the molecule is CCCNC(c1cc(Cl)ccc1F)C1CCC1. The quantitative estimate of drug-likeness (QED) is 0.826. The van der Waals surface area contributed by atoms with Crippen molar-refractivity contribution >= 4 is 11.6 Å². The summed E-state index contributed by atoms with van der Waals surface area (Å²) in [5, 5.41) is 4.07. The summed E-state index contributed by atoms with van der Waals surface area (Å²) in [4.78, 5) is 0. The molecule has 1 atom stereocenters. The average Bonchev–Trinajstić information content (AvgIpc) is 2.25. The van der Waals surface area contributed by atoms with Crippen LogP contribution in [0, 0.1) is 11.7 Å². The first-order valence-electron chi connectivity index (χ1n) is 6.40. The van der Waals surface area contributed by atoms with Crippen LogP contribution in [0.4, 0.5) is 4.39 Å². The number of rotatable bonds is 5. The maximum absolute atomic E-state index is 13.9. The minimum atomic E-state index is -0.144. The molecule has 0 amide bonds. The first kappa shape index (κ1) is 12.8. The molecule has 1 fully saturated rings. The number of benzene rings is 1. The van der Waals surface area contributed by atoms with Crippen LogP contribution in [0.5, 0.6) is 0 Å². The number of nitrogens with one attached hydrogen (secondary N) is 1. The predicted molar refractivity (Wildman–Crippen MR) is 69.8 cm³/mol. The standard InChI is InChI=1S/C14H19ClFN/c1-2-8-17-14(10-4-3-5-10)12-9-11(15)6-7-13(12)16/h6-7,9-10,14,17H,2-5,8H2,1H3. The molecule has 1 aromatic carbocycles. The molecule has 0 aromatic heterocycles. The van der Waals surface area contributed by atoms with E-state index >= 15 is 0 Å². The molecule has 1 N–H and O–H groups in total. The number of hydrogen-bond acceptors (Lipinski definition) is 1. The average molecular weight is 256 g/mol. The lowest BCUT2D eigenvalue weighted by Gasteiger charge is -2.35. The van der Waals surface area contributed by atoms with E-state index in [-0.39, 0.29) is 11.9 Å². The van der Waals surface area contributed by atoms with Gasteiger partial charge in [0.2, 0.25) is 0 Å². The third-order valence-corrected chi connectivity index (χ3v) is 3.76. The van der Waals surface area contributed by atoms with Crippen molar-refractivity contribution in [3.8, 4) is 0 Å². The van der Waals surface area contributed by atoms with Gasteiger partial charge in [-0.3, -0.25) is 0 Å². The van der Waals surface area contributed by atoms with Crippen molar-refractivity contribution in [2.45, 2.75) is 38.6 Å². The molecule has 0 saturated heterocycles. The number of halogens is 2. The zero-order chi connectivity index (χ0) is 12.3. The molecule has 17 heavy (non-hydrogen) atoms. The summed E-state index contributed by atoms with van der Waals surface area (Å²) >= 11 is 5.97. The van der Waals surface area contributed by atoms with Crippen molar-refractivity contribution in [3.63, 3.8) is 0 Å². The fourth-order valence-corrected chi connectivity index (χ4v) is 2.54. The highest BCUT2D eigenvalue weighted by Crippen LogP contribution is 2.39. The van der Waals surface area contributed by atoms with Gasteiger partial charge in [0.1, 0.15) is 5.82 Å². The molecule has 0 bridgehead atoms. The van der Waals surface area contributed by atoms with Crippen molar-refractivity contribution in [2.75, 3.05) is 6.54 Å². The minimum absolute atomic E-state index is 0.127. The molecule has 1 aromatic rings. The van der Waals surface area contributed by atoms with Gasteiger partial charge in [0.25, 0.3) is 0 Å². The summed E-state index contributed by atoms with van der Waals surface area (Å²) in [6.07, 6.45) is 4.70. The third kappa shape index (κ3) is 2.99. The molecular formula is C14H19ClFN. The van der Waals surface area contributed by atoms with Gasteiger partial charge in [0.15, 0.2) is 0 Å². The Morgan fingerprint density at radius 3 is 2.82 bits per heavy atom. The van der Waals surface area contributed by atoms with Crippen LogP contribution in [-0.4, -0.2) is 6.54 Å². The summed E-state index contributed by atoms with van der Waals surface area (Å²) in [7, 11) is 0. The summed E-state index contributed by atoms with van der Waals surface area (Å²) in [5.41, 5.74) is 0.732. The van der Waals surface area contributed by atoms with E-state index in [4.69, 9.17) is 11.6 Å². The van der Waals surface area contributed by atoms with E-state index in [9.17, 15) is 4.39 Å². The van der Waals surface area contributed by atoms with Gasteiger partial charge in [-0.15, -0.1) is 0 Å². The summed E-state index contributed by atoms with van der Waals surface area (Å²) in [6, 6.07) is 4.97. The lowest BCUT2D eigenvalue weighted by molar-refractivity contribution is 0.227. The van der Waals surface area contributed by atoms with Crippen LogP contribution in [0.2, 0.25) is 5.02 Å². The molecule has 2 rings (SSSR count). The first-order valence-corrected chi connectivity index (χ1v) is 6.78. The van der Waals surface area contributed by atoms with E-state index in [1.807, 2.05) is 0 Å². The monoisotopic (exact) mass is 255 g/mol. The summed E-state index contributed by atoms with van der Waals surface area (Å²) < 4.78 is 13.9. The molecule has 1 unspecified atom stereocenters. The minimum Gasteiger partial charge on any atom is -0.310 e. The zero-order valence-corrected chi connectivity index (χ0v) is 10.9. The van der Waals surface area contributed by atoms with Crippen LogP contribution < -0.4 is 5.32 Å². The molecular weight excluding hydrogens is 237 g/mol. The Morgan fingerprint density at radius 1 is 1.47 bits per heavy atom. The van der Waals surface area contributed by atoms with Gasteiger partial charge in [-0.25, -0.2) is 4.39 Å². The normalized spacial score (nSPS) is 17.8. The Hall–Kier alpha value is -0.600. The van der Waals surface area contributed by atoms with Crippen LogP contribution in [0.1, 0.15) is 44.2 Å². The maximum atomic E-state index is 13.9. The number of hydrogen-bond donors (Lipinski definition) is 1. The molecule has 3 heteroatoms. The van der Waals surface area contributed by atoms with E-state index in [1.165, 1.54) is 25.3 Å². The molecule has 1 saturated carbocycles. The molecule has 0 aliphatic heterocycles. The third-order valence-electron chi connectivity index (χ3n) is 3.53. The van der Waals surface area contributed by atoms with Crippen molar-refractivity contribution in [2.24, 2.45) is 5.92 Å². The summed E-state index contributed by atoms with van der Waals surface area (Å²) in [5.74, 6) is 0.421. The van der Waals surface area contributed by atoms with Gasteiger partial charge in [0, 0.05) is 16.6 Å². The molecule has 1 aliphatic rings. The molecule has 0 spiro atoms. The smallest absolute Gasteiger partial charge is 0.128 e. The van der Waals surface area contributed by atoms with E-state index in [2.05, 4.69) is 12.2 Å². The lowest BCUT2D eigenvalue weighted by Crippen LogP contribution is -2.33. The van der Waals surface area contributed by atoms with Gasteiger partial charge in [0.05, 0.1) is 0 Å². The highest BCUT2D eigenvalue weighted by molar-refractivity contribution is 6.30. The van der Waals surface area contributed by atoms with Crippen molar-refractivity contribution in [1.82, 2.24) is 5.32 Å². The van der Waals surface area contributed by atoms with Crippen molar-refractivity contribution < 1.29 is 4.39 Å². The van der Waals surface area contributed by atoms with Crippen LogP contribution >= 0.6 is 11.6 Å². The second-order valence-corrected chi connectivity index (χ2v) is 5.23. The van der Waals surface area contributed by atoms with Gasteiger partial charge in [-0.2, -0.15) is 0 Å². The van der Waals surface area contributed by atoms with Crippen LogP contribution in [-0.2, 0) is 0 Å². The second-order valence-electron chi connectivity index (χ2n) is 4.79. The van der Waals surface area contributed by atoms with E-state index in [0.717, 1.165) is 18.5 Å². The zero-order valence-electron chi connectivity index (χ0n) is 10.2. The Morgan fingerprint density at radius 2 is 2.24 bits per heavy atom. The van der Waals surface area contributed by atoms with Crippen LogP contribution in [0.3, 0.4) is 0 Å². The molecule has 1 nitrogen and oxygen atoms in total. The Bertz CT molecular complexity index is 376.